The van der Waals surface area contributed by atoms with Crippen molar-refractivity contribution in [2.75, 3.05) is 0 Å². The summed E-state index contributed by atoms with van der Waals surface area (Å²) >= 11 is 0.488. The lowest BCUT2D eigenvalue weighted by Crippen LogP contribution is -1.89. The van der Waals surface area contributed by atoms with Crippen molar-refractivity contribution in [2.45, 2.75) is 6.43 Å². The van der Waals surface area contributed by atoms with E-state index in [1.165, 1.54) is 0 Å². The molecule has 1 aromatic rings. The van der Waals surface area contributed by atoms with Gasteiger partial charge in [-0.05, 0) is 0 Å². The number of carboxylic acids is 1. The van der Waals surface area contributed by atoms with E-state index >= 15 is 0 Å². The first-order chi connectivity index (χ1) is 5.11. The molecule has 1 heterocycles. The Kier molecular flexibility index (Phi) is 2.13. The SMILES string of the molecule is O=C(O)c1cnc(C(F)F)s1. The highest BCUT2D eigenvalue weighted by Gasteiger charge is 2.14. The van der Waals surface area contributed by atoms with Gasteiger partial charge in [0.2, 0.25) is 0 Å². The van der Waals surface area contributed by atoms with Gasteiger partial charge in [-0.2, -0.15) is 0 Å². The maximum absolute atomic E-state index is 11.8. The summed E-state index contributed by atoms with van der Waals surface area (Å²) in [6.45, 7) is 0. The molecule has 3 nitrogen and oxygen atoms in total. The Bertz CT molecular complexity index is 273. The molecule has 0 unspecified atom stereocenters. The second-order valence-corrected chi connectivity index (χ2v) is 2.73. The van der Waals surface area contributed by atoms with Crippen LogP contribution in [-0.2, 0) is 0 Å². The van der Waals surface area contributed by atoms with Crippen LogP contribution < -0.4 is 0 Å². The number of alkyl halides is 2. The molecule has 11 heavy (non-hydrogen) atoms. The second-order valence-electron chi connectivity index (χ2n) is 1.67. The summed E-state index contributed by atoms with van der Waals surface area (Å²) in [5, 5.41) is 7.85. The monoisotopic (exact) mass is 179 g/mol. The van der Waals surface area contributed by atoms with E-state index in [2.05, 4.69) is 4.98 Å². The quantitative estimate of drug-likeness (QED) is 0.752. The van der Waals surface area contributed by atoms with Gasteiger partial charge in [-0.3, -0.25) is 0 Å². The Morgan fingerprint density at radius 3 is 2.64 bits per heavy atom. The number of aromatic nitrogens is 1. The van der Waals surface area contributed by atoms with E-state index < -0.39 is 17.4 Å². The maximum Gasteiger partial charge on any atom is 0.347 e. The van der Waals surface area contributed by atoms with E-state index in [1.807, 2.05) is 0 Å². The molecule has 0 bridgehead atoms. The lowest BCUT2D eigenvalue weighted by atomic mass is 10.6. The molecule has 0 aliphatic carbocycles. The molecule has 6 heteroatoms. The molecule has 0 atom stereocenters. The van der Waals surface area contributed by atoms with Crippen LogP contribution in [0.5, 0.6) is 0 Å². The van der Waals surface area contributed by atoms with E-state index in [1.54, 1.807) is 0 Å². The Morgan fingerprint density at radius 2 is 2.36 bits per heavy atom. The molecule has 0 aliphatic heterocycles. The van der Waals surface area contributed by atoms with Gasteiger partial charge in [-0.15, -0.1) is 11.3 Å². The molecule has 1 N–H and O–H groups in total. The van der Waals surface area contributed by atoms with E-state index in [9.17, 15) is 13.6 Å². The highest BCUT2D eigenvalue weighted by Crippen LogP contribution is 2.23. The molecule has 0 saturated heterocycles. The first kappa shape index (κ1) is 8.06. The van der Waals surface area contributed by atoms with Crippen molar-refractivity contribution in [2.24, 2.45) is 0 Å². The standard InChI is InChI=1S/C5H3F2NO2S/c6-3(7)4-8-1-2(11-4)5(9)10/h1,3H,(H,9,10). The summed E-state index contributed by atoms with van der Waals surface area (Å²) in [5.41, 5.74) is 0. The van der Waals surface area contributed by atoms with Crippen molar-refractivity contribution in [1.29, 1.82) is 0 Å². The van der Waals surface area contributed by atoms with Gasteiger partial charge in [0.1, 0.15) is 4.88 Å². The molecule has 0 spiro atoms. The molecule has 0 aromatic carbocycles. The summed E-state index contributed by atoms with van der Waals surface area (Å²) in [4.78, 5) is 13.2. The second kappa shape index (κ2) is 2.91. The number of carboxylic acid groups (broad SMARTS) is 1. The summed E-state index contributed by atoms with van der Waals surface area (Å²) in [6.07, 6.45) is -1.76. The number of aromatic carboxylic acids is 1. The lowest BCUT2D eigenvalue weighted by Gasteiger charge is -1.86. The van der Waals surface area contributed by atoms with Crippen LogP contribution in [-0.4, -0.2) is 16.1 Å². The average Bonchev–Trinajstić information content (AvgIpc) is 2.33. The first-order valence-electron chi connectivity index (χ1n) is 2.58. The van der Waals surface area contributed by atoms with E-state index in [0.29, 0.717) is 11.3 Å². The Labute approximate surface area is 64.3 Å². The van der Waals surface area contributed by atoms with Gasteiger partial charge >= 0.3 is 5.97 Å². The smallest absolute Gasteiger partial charge is 0.347 e. The van der Waals surface area contributed by atoms with Gasteiger partial charge in [0, 0.05) is 0 Å². The minimum atomic E-state index is -2.69. The molecule has 1 aromatic heterocycles. The van der Waals surface area contributed by atoms with Crippen molar-refractivity contribution in [3.05, 3.63) is 16.1 Å². The largest absolute Gasteiger partial charge is 0.477 e. The molecule has 0 fully saturated rings. The first-order valence-corrected chi connectivity index (χ1v) is 3.40. The molecule has 60 valence electrons. The van der Waals surface area contributed by atoms with Gasteiger partial charge in [-0.25, -0.2) is 18.6 Å². The lowest BCUT2D eigenvalue weighted by molar-refractivity contribution is 0.0702. The summed E-state index contributed by atoms with van der Waals surface area (Å²) in [7, 11) is 0. The van der Waals surface area contributed by atoms with Crippen LogP contribution in [0.1, 0.15) is 21.1 Å². The normalized spacial score (nSPS) is 10.5. The zero-order valence-corrected chi connectivity index (χ0v) is 5.94. The molecular formula is C5H3F2NO2S. The molecule has 0 saturated carbocycles. The minimum Gasteiger partial charge on any atom is -0.477 e. The van der Waals surface area contributed by atoms with Crippen molar-refractivity contribution in [3.8, 4) is 0 Å². The van der Waals surface area contributed by atoms with E-state index in [-0.39, 0.29) is 4.88 Å². The zero-order valence-electron chi connectivity index (χ0n) is 5.12. The minimum absolute atomic E-state index is 0.166. The van der Waals surface area contributed by atoms with Gasteiger partial charge in [0.15, 0.2) is 5.01 Å². The molecular weight excluding hydrogens is 176 g/mol. The van der Waals surface area contributed by atoms with Crippen LogP contribution in [0.3, 0.4) is 0 Å². The van der Waals surface area contributed by atoms with Gasteiger partial charge < -0.3 is 5.11 Å². The topological polar surface area (TPSA) is 50.2 Å². The van der Waals surface area contributed by atoms with E-state index in [0.717, 1.165) is 6.20 Å². The highest BCUT2D eigenvalue weighted by molar-refractivity contribution is 7.13. The summed E-state index contributed by atoms with van der Waals surface area (Å²) in [5.74, 6) is -1.23. The predicted octanol–water partition coefficient (Wildman–Crippen LogP) is 1.78. The van der Waals surface area contributed by atoms with Crippen LogP contribution >= 0.6 is 11.3 Å². The fourth-order valence-corrected chi connectivity index (χ4v) is 1.10. The van der Waals surface area contributed by atoms with Crippen LogP contribution in [0, 0.1) is 0 Å². The Balaban J connectivity index is 2.90. The van der Waals surface area contributed by atoms with Crippen molar-refractivity contribution in [1.82, 2.24) is 4.98 Å². The highest BCUT2D eigenvalue weighted by atomic mass is 32.1. The number of carbonyl (C=O) groups is 1. The molecule has 0 radical (unpaired) electrons. The van der Waals surface area contributed by atoms with Crippen LogP contribution in [0.15, 0.2) is 6.20 Å². The third kappa shape index (κ3) is 1.70. The zero-order chi connectivity index (χ0) is 8.43. The molecule has 0 amide bonds. The van der Waals surface area contributed by atoms with Gasteiger partial charge in [-0.1, -0.05) is 0 Å². The maximum atomic E-state index is 11.8. The van der Waals surface area contributed by atoms with Crippen LogP contribution in [0.4, 0.5) is 8.78 Å². The van der Waals surface area contributed by atoms with Gasteiger partial charge in [0.25, 0.3) is 6.43 Å². The number of hydrogen-bond acceptors (Lipinski definition) is 3. The number of hydrogen-bond donors (Lipinski definition) is 1. The number of nitrogens with zero attached hydrogens (tertiary/aromatic N) is 1. The number of thiazole rings is 1. The van der Waals surface area contributed by atoms with Crippen molar-refractivity contribution in [3.63, 3.8) is 0 Å². The van der Waals surface area contributed by atoms with Crippen molar-refractivity contribution < 1.29 is 18.7 Å². The third-order valence-electron chi connectivity index (χ3n) is 0.921. The Morgan fingerprint density at radius 1 is 1.73 bits per heavy atom. The number of rotatable bonds is 2. The van der Waals surface area contributed by atoms with Crippen molar-refractivity contribution >= 4 is 17.3 Å². The molecule has 0 aliphatic rings. The Hall–Kier alpha value is -1.04. The third-order valence-corrected chi connectivity index (χ3v) is 1.91. The van der Waals surface area contributed by atoms with E-state index in [4.69, 9.17) is 5.11 Å². The fraction of sp³-hybridized carbons (Fsp3) is 0.200. The average molecular weight is 179 g/mol. The summed E-state index contributed by atoms with van der Waals surface area (Å²) < 4.78 is 23.6. The summed E-state index contributed by atoms with van der Waals surface area (Å²) in [6, 6.07) is 0. The van der Waals surface area contributed by atoms with Crippen LogP contribution in [0.2, 0.25) is 0 Å². The predicted molar refractivity (Wildman–Crippen MR) is 34.0 cm³/mol. The molecule has 1 rings (SSSR count). The van der Waals surface area contributed by atoms with Crippen LogP contribution in [0.25, 0.3) is 0 Å². The number of halogens is 2. The van der Waals surface area contributed by atoms with Gasteiger partial charge in [0.05, 0.1) is 6.20 Å². The fourth-order valence-electron chi connectivity index (χ4n) is 0.487.